The van der Waals surface area contributed by atoms with E-state index in [9.17, 15) is 13.6 Å². The molecule has 0 aliphatic heterocycles. The van der Waals surface area contributed by atoms with Crippen LogP contribution < -0.4 is 9.47 Å². The molecule has 0 fully saturated rings. The topological polar surface area (TPSA) is 68.5 Å². The lowest BCUT2D eigenvalue weighted by atomic mass is 10.1. The van der Waals surface area contributed by atoms with Crippen LogP contribution in [-0.4, -0.2) is 26.3 Å². The summed E-state index contributed by atoms with van der Waals surface area (Å²) < 4.78 is 38.8. The Balaban J connectivity index is 3.25. The Hall–Kier alpha value is -2.36. The third kappa shape index (κ3) is 3.82. The van der Waals surface area contributed by atoms with Crippen molar-refractivity contribution in [1.29, 1.82) is 5.26 Å². The minimum Gasteiger partial charge on any atom is -0.495 e. The first-order valence-corrected chi connectivity index (χ1v) is 5.73. The highest BCUT2D eigenvalue weighted by Crippen LogP contribution is 2.33. The first kappa shape index (κ1) is 15.7. The summed E-state index contributed by atoms with van der Waals surface area (Å²) in [6.45, 7) is -1.27. The molecule has 0 aliphatic carbocycles. The summed E-state index contributed by atoms with van der Waals surface area (Å²) in [6.07, 6.45) is -0.325. The Morgan fingerprint density at radius 1 is 1.45 bits per heavy atom. The van der Waals surface area contributed by atoms with Gasteiger partial charge in [-0.25, -0.2) is 0 Å². The number of hydrogen-bond acceptors (Lipinski definition) is 5. The van der Waals surface area contributed by atoms with Gasteiger partial charge >= 0.3 is 12.6 Å². The number of carbonyl (C=O) groups excluding carboxylic acids is 1. The number of carbonyl (C=O) groups is 1. The lowest BCUT2D eigenvalue weighted by Crippen LogP contribution is -2.12. The van der Waals surface area contributed by atoms with Crippen molar-refractivity contribution in [3.63, 3.8) is 0 Å². The largest absolute Gasteiger partial charge is 0.495 e. The number of hydrogen-bond donors (Lipinski definition) is 0. The van der Waals surface area contributed by atoms with Crippen molar-refractivity contribution in [3.05, 3.63) is 23.3 Å². The van der Waals surface area contributed by atoms with Gasteiger partial charge in [0.25, 0.3) is 0 Å². The van der Waals surface area contributed by atoms with Gasteiger partial charge in [-0.2, -0.15) is 14.0 Å². The van der Waals surface area contributed by atoms with E-state index in [1.807, 2.05) is 6.07 Å². The molecule has 0 aromatic heterocycles. The van der Waals surface area contributed by atoms with Gasteiger partial charge in [-0.3, -0.25) is 4.79 Å². The van der Waals surface area contributed by atoms with Gasteiger partial charge in [-0.05, 0) is 19.1 Å². The fourth-order valence-corrected chi connectivity index (χ4v) is 1.66. The molecule has 0 saturated carbocycles. The normalized spacial score (nSPS) is 10.0. The van der Waals surface area contributed by atoms with Gasteiger partial charge in [0.2, 0.25) is 0 Å². The highest BCUT2D eigenvalue weighted by molar-refractivity contribution is 5.75. The van der Waals surface area contributed by atoms with Gasteiger partial charge in [0.1, 0.15) is 17.6 Å². The number of benzene rings is 1. The number of esters is 1. The molecule has 0 atom stereocenters. The van der Waals surface area contributed by atoms with Crippen molar-refractivity contribution in [1.82, 2.24) is 0 Å². The van der Waals surface area contributed by atoms with Crippen LogP contribution in [0.3, 0.4) is 0 Å². The second-order valence-electron chi connectivity index (χ2n) is 3.60. The zero-order valence-electron chi connectivity index (χ0n) is 11.0. The van der Waals surface area contributed by atoms with Crippen LogP contribution in [0, 0.1) is 11.3 Å². The van der Waals surface area contributed by atoms with E-state index in [2.05, 4.69) is 4.74 Å². The van der Waals surface area contributed by atoms with Gasteiger partial charge in [0.15, 0.2) is 0 Å². The quantitative estimate of drug-likeness (QED) is 0.750. The molecular weight excluding hydrogens is 272 g/mol. The zero-order valence-corrected chi connectivity index (χ0v) is 11.0. The number of ether oxygens (including phenoxy) is 3. The molecule has 1 rings (SSSR count). The van der Waals surface area contributed by atoms with Crippen LogP contribution in [0.1, 0.15) is 18.1 Å². The minimum atomic E-state index is -3.05. The molecule has 0 unspecified atom stereocenters. The summed E-state index contributed by atoms with van der Waals surface area (Å²) in [7, 11) is 1.27. The number of halogens is 2. The van der Waals surface area contributed by atoms with Gasteiger partial charge in [0.05, 0.1) is 25.7 Å². The fraction of sp³-hybridized carbons (Fsp3) is 0.385. The monoisotopic (exact) mass is 285 g/mol. The molecular formula is C13H13F2NO4. The summed E-state index contributed by atoms with van der Waals surface area (Å²) >= 11 is 0. The van der Waals surface area contributed by atoms with Crippen molar-refractivity contribution in [3.8, 4) is 17.6 Å². The third-order valence-corrected chi connectivity index (χ3v) is 2.38. The van der Waals surface area contributed by atoms with Crippen molar-refractivity contribution < 1.29 is 27.8 Å². The number of nitrogens with zero attached hydrogens (tertiary/aromatic N) is 1. The van der Waals surface area contributed by atoms with Gasteiger partial charge in [-0.1, -0.05) is 0 Å². The molecule has 0 spiro atoms. The average molecular weight is 285 g/mol. The predicted octanol–water partition coefficient (Wildman–Crippen LogP) is 2.27. The van der Waals surface area contributed by atoms with E-state index in [1.165, 1.54) is 19.2 Å². The maximum atomic E-state index is 12.4. The van der Waals surface area contributed by atoms with Gasteiger partial charge < -0.3 is 14.2 Å². The molecule has 1 aromatic carbocycles. The fourth-order valence-electron chi connectivity index (χ4n) is 1.66. The maximum absolute atomic E-state index is 12.4. The Bertz CT molecular complexity index is 526. The van der Waals surface area contributed by atoms with E-state index in [-0.39, 0.29) is 35.7 Å². The van der Waals surface area contributed by atoms with Gasteiger partial charge in [-0.15, -0.1) is 0 Å². The van der Waals surface area contributed by atoms with Crippen molar-refractivity contribution in [2.75, 3.05) is 13.7 Å². The molecule has 20 heavy (non-hydrogen) atoms. The van der Waals surface area contributed by atoms with Crippen molar-refractivity contribution in [2.45, 2.75) is 20.0 Å². The summed E-state index contributed by atoms with van der Waals surface area (Å²) in [5.41, 5.74) is 0.179. The molecule has 0 heterocycles. The third-order valence-electron chi connectivity index (χ3n) is 2.38. The molecule has 7 heteroatoms. The second-order valence-corrected chi connectivity index (χ2v) is 3.60. The minimum absolute atomic E-state index is 0.0266. The second kappa shape index (κ2) is 7.28. The lowest BCUT2D eigenvalue weighted by molar-refractivity contribution is -0.142. The maximum Gasteiger partial charge on any atom is 0.387 e. The molecule has 5 nitrogen and oxygen atoms in total. The molecule has 0 bridgehead atoms. The number of rotatable bonds is 6. The SMILES string of the molecule is CCOC(=O)Cc1c(OC(F)F)ccc(C#N)c1OC. The lowest BCUT2D eigenvalue weighted by Gasteiger charge is -2.15. The molecule has 1 aromatic rings. The van der Waals surface area contributed by atoms with Crippen LogP contribution in [0.5, 0.6) is 11.5 Å². The first-order valence-electron chi connectivity index (χ1n) is 5.73. The smallest absolute Gasteiger partial charge is 0.387 e. The highest BCUT2D eigenvalue weighted by atomic mass is 19.3. The summed E-state index contributed by atoms with van der Waals surface area (Å²) in [4.78, 5) is 11.5. The number of nitriles is 1. The van der Waals surface area contributed by atoms with E-state index in [0.29, 0.717) is 0 Å². The standard InChI is InChI=1S/C13H13F2NO4/c1-3-19-11(17)6-9-10(20-13(14)15)5-4-8(7-16)12(9)18-2/h4-5,13H,3,6H2,1-2H3. The Morgan fingerprint density at radius 2 is 2.15 bits per heavy atom. The van der Waals surface area contributed by atoms with E-state index in [4.69, 9.17) is 14.7 Å². The zero-order chi connectivity index (χ0) is 15.1. The Labute approximate surface area is 114 Å². The van der Waals surface area contributed by atoms with Crippen LogP contribution in [-0.2, 0) is 16.0 Å². The molecule has 0 radical (unpaired) electrons. The molecule has 0 amide bonds. The van der Waals surface area contributed by atoms with Crippen LogP contribution in [0.15, 0.2) is 12.1 Å². The molecule has 0 saturated heterocycles. The summed E-state index contributed by atoms with van der Waals surface area (Å²) in [6, 6.07) is 4.33. The summed E-state index contributed by atoms with van der Waals surface area (Å²) in [5.74, 6) is -0.817. The summed E-state index contributed by atoms with van der Waals surface area (Å²) in [5, 5.41) is 8.95. The van der Waals surface area contributed by atoms with Crippen LogP contribution >= 0.6 is 0 Å². The molecule has 0 aliphatic rings. The van der Waals surface area contributed by atoms with Gasteiger partial charge in [0, 0.05) is 5.56 Å². The van der Waals surface area contributed by atoms with E-state index in [1.54, 1.807) is 6.92 Å². The molecule has 0 N–H and O–H groups in total. The molecule has 108 valence electrons. The van der Waals surface area contributed by atoms with E-state index < -0.39 is 12.6 Å². The van der Waals surface area contributed by atoms with Crippen LogP contribution in [0.4, 0.5) is 8.78 Å². The number of alkyl halides is 2. The van der Waals surface area contributed by atoms with E-state index in [0.717, 1.165) is 0 Å². The van der Waals surface area contributed by atoms with Crippen molar-refractivity contribution in [2.24, 2.45) is 0 Å². The van der Waals surface area contributed by atoms with Crippen molar-refractivity contribution >= 4 is 5.97 Å². The Morgan fingerprint density at radius 3 is 2.65 bits per heavy atom. The van der Waals surface area contributed by atoms with Crippen LogP contribution in [0.25, 0.3) is 0 Å². The Kier molecular flexibility index (Phi) is 5.72. The van der Waals surface area contributed by atoms with E-state index >= 15 is 0 Å². The highest BCUT2D eigenvalue weighted by Gasteiger charge is 2.20. The predicted molar refractivity (Wildman–Crippen MR) is 64.7 cm³/mol. The first-order chi connectivity index (χ1) is 9.53. The number of methoxy groups -OCH3 is 1. The van der Waals surface area contributed by atoms with Crippen LogP contribution in [0.2, 0.25) is 0 Å². The average Bonchev–Trinajstić information content (AvgIpc) is 2.40.